The Kier molecular flexibility index (Phi) is 4.90. The van der Waals surface area contributed by atoms with E-state index in [9.17, 15) is 0 Å². The van der Waals surface area contributed by atoms with E-state index in [2.05, 4.69) is 20.3 Å². The molecule has 0 aliphatic carbocycles. The highest BCUT2D eigenvalue weighted by molar-refractivity contribution is 5.78. The fourth-order valence-electron chi connectivity index (χ4n) is 3.52. The zero-order valence-electron chi connectivity index (χ0n) is 16.7. The third-order valence-electron chi connectivity index (χ3n) is 5.10. The van der Waals surface area contributed by atoms with Gasteiger partial charge in [0.05, 0.1) is 32.2 Å². The molecule has 0 atom stereocenters. The summed E-state index contributed by atoms with van der Waals surface area (Å²) in [5, 5.41) is 7.81. The monoisotopic (exact) mass is 402 g/mol. The maximum absolute atomic E-state index is 5.40. The number of hydrogen-bond donors (Lipinski definition) is 1. The molecule has 8 heteroatoms. The second-order valence-corrected chi connectivity index (χ2v) is 6.98. The maximum Gasteiger partial charge on any atom is 0.247 e. The lowest BCUT2D eigenvalue weighted by atomic mass is 10.1. The van der Waals surface area contributed by atoms with Crippen LogP contribution in [0, 0.1) is 0 Å². The minimum Gasteiger partial charge on any atom is -0.497 e. The summed E-state index contributed by atoms with van der Waals surface area (Å²) in [5.74, 6) is 2.30. The largest absolute Gasteiger partial charge is 0.497 e. The van der Waals surface area contributed by atoms with Crippen LogP contribution in [0.4, 0.5) is 17.5 Å². The molecule has 4 aromatic rings. The molecule has 0 amide bonds. The molecule has 0 spiro atoms. The lowest BCUT2D eigenvalue weighted by Crippen LogP contribution is -2.36. The average Bonchev–Trinajstić information content (AvgIpc) is 3.23. The molecule has 1 aliphatic heterocycles. The second kappa shape index (κ2) is 8.00. The molecule has 8 nitrogen and oxygen atoms in total. The number of pyridine rings is 2. The van der Waals surface area contributed by atoms with Crippen LogP contribution in [-0.4, -0.2) is 53.0 Å². The average molecular weight is 402 g/mol. The number of morpholine rings is 1. The molecule has 1 saturated heterocycles. The Balaban J connectivity index is 1.38. The van der Waals surface area contributed by atoms with E-state index in [0.717, 1.165) is 60.3 Å². The molecule has 3 aromatic heterocycles. The van der Waals surface area contributed by atoms with E-state index in [1.807, 2.05) is 54.7 Å². The van der Waals surface area contributed by atoms with Crippen LogP contribution in [0.2, 0.25) is 0 Å². The predicted octanol–water partition coefficient (Wildman–Crippen LogP) is 3.38. The Bertz CT molecular complexity index is 1130. The van der Waals surface area contributed by atoms with Crippen molar-refractivity contribution in [3.8, 4) is 16.9 Å². The van der Waals surface area contributed by atoms with E-state index in [0.29, 0.717) is 5.95 Å². The second-order valence-electron chi connectivity index (χ2n) is 6.98. The van der Waals surface area contributed by atoms with Crippen LogP contribution in [0.1, 0.15) is 0 Å². The van der Waals surface area contributed by atoms with Crippen molar-refractivity contribution in [1.82, 2.24) is 19.6 Å². The van der Waals surface area contributed by atoms with E-state index < -0.39 is 0 Å². The first-order chi connectivity index (χ1) is 14.8. The molecular formula is C22H22N6O2. The Labute approximate surface area is 174 Å². The summed E-state index contributed by atoms with van der Waals surface area (Å²) in [6.45, 7) is 3.20. The van der Waals surface area contributed by atoms with Gasteiger partial charge in [0.25, 0.3) is 0 Å². The van der Waals surface area contributed by atoms with Gasteiger partial charge in [0.15, 0.2) is 5.65 Å². The lowest BCUT2D eigenvalue weighted by Gasteiger charge is -2.27. The summed E-state index contributed by atoms with van der Waals surface area (Å²) in [6.07, 6.45) is 3.70. The molecular weight excluding hydrogens is 380 g/mol. The smallest absolute Gasteiger partial charge is 0.247 e. The van der Waals surface area contributed by atoms with E-state index in [1.54, 1.807) is 17.8 Å². The van der Waals surface area contributed by atoms with Gasteiger partial charge in [0.1, 0.15) is 11.6 Å². The molecule has 0 unspecified atom stereocenters. The number of methoxy groups -OCH3 is 1. The van der Waals surface area contributed by atoms with Crippen molar-refractivity contribution in [1.29, 1.82) is 0 Å². The molecule has 5 rings (SSSR count). The Hall–Kier alpha value is -3.65. The van der Waals surface area contributed by atoms with Gasteiger partial charge in [0.2, 0.25) is 5.95 Å². The predicted molar refractivity (Wildman–Crippen MR) is 116 cm³/mol. The first kappa shape index (κ1) is 18.4. The van der Waals surface area contributed by atoms with Crippen LogP contribution in [0.5, 0.6) is 5.75 Å². The normalized spacial score (nSPS) is 14.1. The van der Waals surface area contributed by atoms with Gasteiger partial charge < -0.3 is 19.7 Å². The summed E-state index contributed by atoms with van der Waals surface area (Å²) < 4.78 is 12.4. The first-order valence-corrected chi connectivity index (χ1v) is 9.86. The maximum atomic E-state index is 5.40. The van der Waals surface area contributed by atoms with Crippen LogP contribution < -0.4 is 15.0 Å². The summed E-state index contributed by atoms with van der Waals surface area (Å²) in [5.41, 5.74) is 3.68. The van der Waals surface area contributed by atoms with E-state index in [-0.39, 0.29) is 0 Å². The number of rotatable bonds is 5. The van der Waals surface area contributed by atoms with Crippen LogP contribution in [0.3, 0.4) is 0 Å². The third-order valence-corrected chi connectivity index (χ3v) is 5.10. The first-order valence-electron chi connectivity index (χ1n) is 9.86. The SMILES string of the molecule is COc1ccc(-c2cccn3nc(Nc4ccc(N5CCOCC5)nc4)nc23)cc1. The topological polar surface area (TPSA) is 76.8 Å². The van der Waals surface area contributed by atoms with Gasteiger partial charge in [-0.2, -0.15) is 4.98 Å². The van der Waals surface area contributed by atoms with Gasteiger partial charge in [-0.25, -0.2) is 9.50 Å². The minimum absolute atomic E-state index is 0.525. The van der Waals surface area contributed by atoms with Gasteiger partial charge in [-0.1, -0.05) is 12.1 Å². The van der Waals surface area contributed by atoms with Crippen LogP contribution in [0.25, 0.3) is 16.8 Å². The molecule has 30 heavy (non-hydrogen) atoms. The summed E-state index contributed by atoms with van der Waals surface area (Å²) in [4.78, 5) is 11.5. The molecule has 152 valence electrons. The van der Waals surface area contributed by atoms with E-state index in [4.69, 9.17) is 14.5 Å². The Morgan fingerprint density at radius 2 is 1.87 bits per heavy atom. The number of fused-ring (bicyclic) bond motifs is 1. The fraction of sp³-hybridized carbons (Fsp3) is 0.227. The molecule has 1 fully saturated rings. The molecule has 0 saturated carbocycles. The summed E-state index contributed by atoms with van der Waals surface area (Å²) in [6, 6.07) is 15.9. The molecule has 0 bridgehead atoms. The zero-order chi connectivity index (χ0) is 20.3. The van der Waals surface area contributed by atoms with Gasteiger partial charge >= 0.3 is 0 Å². The zero-order valence-corrected chi connectivity index (χ0v) is 16.7. The Morgan fingerprint density at radius 3 is 2.60 bits per heavy atom. The number of hydrogen-bond acceptors (Lipinski definition) is 7. The number of benzene rings is 1. The van der Waals surface area contributed by atoms with Crippen LogP contribution in [-0.2, 0) is 4.74 Å². The molecule has 1 N–H and O–H groups in total. The van der Waals surface area contributed by atoms with Gasteiger partial charge in [-0.15, -0.1) is 5.10 Å². The van der Waals surface area contributed by atoms with Gasteiger partial charge in [-0.3, -0.25) is 0 Å². The number of aromatic nitrogens is 4. The minimum atomic E-state index is 0.525. The number of ether oxygens (including phenoxy) is 2. The number of anilines is 3. The highest BCUT2D eigenvalue weighted by Crippen LogP contribution is 2.27. The van der Waals surface area contributed by atoms with Gasteiger partial charge in [-0.05, 0) is 42.0 Å². The van der Waals surface area contributed by atoms with Crippen molar-refractivity contribution in [2.24, 2.45) is 0 Å². The highest BCUT2D eigenvalue weighted by Gasteiger charge is 2.13. The molecule has 0 radical (unpaired) electrons. The lowest BCUT2D eigenvalue weighted by molar-refractivity contribution is 0.122. The van der Waals surface area contributed by atoms with Crippen molar-refractivity contribution in [2.45, 2.75) is 0 Å². The fourth-order valence-corrected chi connectivity index (χ4v) is 3.52. The van der Waals surface area contributed by atoms with Crippen molar-refractivity contribution < 1.29 is 9.47 Å². The van der Waals surface area contributed by atoms with Crippen molar-refractivity contribution in [3.63, 3.8) is 0 Å². The summed E-state index contributed by atoms with van der Waals surface area (Å²) in [7, 11) is 1.66. The quantitative estimate of drug-likeness (QED) is 0.548. The summed E-state index contributed by atoms with van der Waals surface area (Å²) >= 11 is 0. The van der Waals surface area contributed by atoms with Crippen molar-refractivity contribution in [3.05, 3.63) is 60.9 Å². The van der Waals surface area contributed by atoms with Crippen LogP contribution >= 0.6 is 0 Å². The molecule has 4 heterocycles. The molecule has 1 aromatic carbocycles. The van der Waals surface area contributed by atoms with E-state index in [1.165, 1.54) is 0 Å². The van der Waals surface area contributed by atoms with Crippen molar-refractivity contribution in [2.75, 3.05) is 43.6 Å². The van der Waals surface area contributed by atoms with Crippen molar-refractivity contribution >= 4 is 23.1 Å². The number of nitrogens with one attached hydrogen (secondary N) is 1. The Morgan fingerprint density at radius 1 is 1.03 bits per heavy atom. The third kappa shape index (κ3) is 3.65. The number of nitrogens with zero attached hydrogens (tertiary/aromatic N) is 5. The molecule has 1 aliphatic rings. The van der Waals surface area contributed by atoms with Gasteiger partial charge in [0, 0.05) is 24.8 Å². The standard InChI is InChI=1S/C22H22N6O2/c1-29-18-7-4-16(5-8-18)19-3-2-10-28-21(19)25-22(26-28)24-17-6-9-20(23-15-17)27-11-13-30-14-12-27/h2-10,15H,11-14H2,1H3,(H,24,26). The van der Waals surface area contributed by atoms with E-state index >= 15 is 0 Å². The van der Waals surface area contributed by atoms with Crippen LogP contribution in [0.15, 0.2) is 60.9 Å². The highest BCUT2D eigenvalue weighted by atomic mass is 16.5.